The third kappa shape index (κ3) is 3.06. The van der Waals surface area contributed by atoms with Crippen LogP contribution >= 0.6 is 0 Å². The zero-order valence-corrected chi connectivity index (χ0v) is 11.2. The smallest absolute Gasteiger partial charge is 0.150 e. The molecule has 96 valence electrons. The lowest BCUT2D eigenvalue weighted by molar-refractivity contribution is 0.396. The van der Waals surface area contributed by atoms with Gasteiger partial charge in [-0.25, -0.2) is 9.67 Å². The molecular formula is C13H24N4. The van der Waals surface area contributed by atoms with Crippen LogP contribution in [0.4, 0.5) is 0 Å². The highest BCUT2D eigenvalue weighted by Gasteiger charge is 2.23. The standard InChI is InChI=1S/C13H24N4/c1-4-11(9-14-10-7-8-10)17-13(6-3)15-12(5-2)16-17/h10-11,14H,4-9H2,1-3H3. The molecule has 1 unspecified atom stereocenters. The molecule has 17 heavy (non-hydrogen) atoms. The van der Waals surface area contributed by atoms with Gasteiger partial charge in [-0.1, -0.05) is 20.8 Å². The first-order valence-electron chi connectivity index (χ1n) is 6.96. The molecule has 4 heteroatoms. The lowest BCUT2D eigenvalue weighted by Crippen LogP contribution is -2.28. The molecule has 1 fully saturated rings. The van der Waals surface area contributed by atoms with Crippen molar-refractivity contribution in [3.8, 4) is 0 Å². The fourth-order valence-corrected chi connectivity index (χ4v) is 2.08. The number of hydrogen-bond donors (Lipinski definition) is 1. The Bertz CT molecular complexity index is 354. The van der Waals surface area contributed by atoms with Crippen molar-refractivity contribution in [3.63, 3.8) is 0 Å². The van der Waals surface area contributed by atoms with Gasteiger partial charge < -0.3 is 5.32 Å². The van der Waals surface area contributed by atoms with Crippen LogP contribution in [-0.2, 0) is 12.8 Å². The third-order valence-corrected chi connectivity index (χ3v) is 3.41. The minimum absolute atomic E-state index is 0.457. The maximum absolute atomic E-state index is 4.63. The first-order valence-corrected chi connectivity index (χ1v) is 6.96. The van der Waals surface area contributed by atoms with Crippen molar-refractivity contribution in [1.82, 2.24) is 20.1 Å². The molecule has 1 aliphatic rings. The molecule has 0 bridgehead atoms. The van der Waals surface area contributed by atoms with E-state index in [2.05, 4.69) is 40.9 Å². The van der Waals surface area contributed by atoms with Crippen LogP contribution < -0.4 is 5.32 Å². The maximum atomic E-state index is 4.63. The van der Waals surface area contributed by atoms with Gasteiger partial charge in [0.2, 0.25) is 0 Å². The fraction of sp³-hybridized carbons (Fsp3) is 0.846. The number of nitrogens with one attached hydrogen (secondary N) is 1. The van der Waals surface area contributed by atoms with E-state index in [1.54, 1.807) is 0 Å². The van der Waals surface area contributed by atoms with E-state index < -0.39 is 0 Å². The summed E-state index contributed by atoms with van der Waals surface area (Å²) in [6, 6.07) is 1.22. The Labute approximate surface area is 104 Å². The van der Waals surface area contributed by atoms with Crippen LogP contribution in [0.1, 0.15) is 57.7 Å². The Hall–Kier alpha value is -0.900. The van der Waals surface area contributed by atoms with E-state index in [4.69, 9.17) is 0 Å². The first-order chi connectivity index (χ1) is 8.28. The predicted molar refractivity (Wildman–Crippen MR) is 69.1 cm³/mol. The Morgan fingerprint density at radius 2 is 2.06 bits per heavy atom. The number of aromatic nitrogens is 3. The van der Waals surface area contributed by atoms with E-state index in [9.17, 15) is 0 Å². The number of hydrogen-bond acceptors (Lipinski definition) is 3. The van der Waals surface area contributed by atoms with Gasteiger partial charge in [-0.15, -0.1) is 0 Å². The summed E-state index contributed by atoms with van der Waals surface area (Å²) in [6.45, 7) is 7.52. The molecule has 0 radical (unpaired) electrons. The van der Waals surface area contributed by atoms with Crippen molar-refractivity contribution in [2.24, 2.45) is 0 Å². The Kier molecular flexibility index (Phi) is 4.15. The molecule has 0 saturated heterocycles. The Balaban J connectivity index is 2.06. The van der Waals surface area contributed by atoms with E-state index >= 15 is 0 Å². The average Bonchev–Trinajstić information content (AvgIpc) is 3.08. The van der Waals surface area contributed by atoms with Gasteiger partial charge in [0.15, 0.2) is 5.82 Å². The molecule has 1 aromatic rings. The minimum Gasteiger partial charge on any atom is -0.312 e. The summed E-state index contributed by atoms with van der Waals surface area (Å²) in [7, 11) is 0. The molecular weight excluding hydrogens is 212 g/mol. The summed E-state index contributed by atoms with van der Waals surface area (Å²) < 4.78 is 2.15. The van der Waals surface area contributed by atoms with Gasteiger partial charge in [0.05, 0.1) is 6.04 Å². The predicted octanol–water partition coefficient (Wildman–Crippen LogP) is 2.11. The Morgan fingerprint density at radius 3 is 2.59 bits per heavy atom. The molecule has 1 atom stereocenters. The molecule has 1 saturated carbocycles. The van der Waals surface area contributed by atoms with Crippen molar-refractivity contribution in [3.05, 3.63) is 11.6 Å². The highest BCUT2D eigenvalue weighted by molar-refractivity contribution is 4.95. The summed E-state index contributed by atoms with van der Waals surface area (Å²) >= 11 is 0. The fourth-order valence-electron chi connectivity index (χ4n) is 2.08. The van der Waals surface area contributed by atoms with Crippen LogP contribution in [0.5, 0.6) is 0 Å². The third-order valence-electron chi connectivity index (χ3n) is 3.41. The van der Waals surface area contributed by atoms with E-state index in [-0.39, 0.29) is 0 Å². The van der Waals surface area contributed by atoms with Crippen LogP contribution in [0.25, 0.3) is 0 Å². The lowest BCUT2D eigenvalue weighted by atomic mass is 10.2. The Morgan fingerprint density at radius 1 is 1.29 bits per heavy atom. The zero-order valence-electron chi connectivity index (χ0n) is 11.2. The van der Waals surface area contributed by atoms with Crippen molar-refractivity contribution in [2.45, 2.75) is 65.0 Å². The summed E-state index contributed by atoms with van der Waals surface area (Å²) in [6.07, 6.45) is 5.68. The molecule has 1 heterocycles. The van der Waals surface area contributed by atoms with Gasteiger partial charge in [0.25, 0.3) is 0 Å². The SMILES string of the molecule is CCc1nc(CC)n(C(CC)CNC2CC2)n1. The van der Waals surface area contributed by atoms with Gasteiger partial charge >= 0.3 is 0 Å². The second-order valence-electron chi connectivity index (χ2n) is 4.84. The second kappa shape index (κ2) is 5.63. The second-order valence-corrected chi connectivity index (χ2v) is 4.84. The summed E-state index contributed by atoms with van der Waals surface area (Å²) in [4.78, 5) is 4.58. The summed E-state index contributed by atoms with van der Waals surface area (Å²) in [5.74, 6) is 2.11. The highest BCUT2D eigenvalue weighted by atomic mass is 15.4. The van der Waals surface area contributed by atoms with E-state index in [1.165, 1.54) is 12.8 Å². The van der Waals surface area contributed by atoms with E-state index in [1.807, 2.05) is 0 Å². The number of rotatable bonds is 7. The van der Waals surface area contributed by atoms with Gasteiger partial charge in [0.1, 0.15) is 5.82 Å². The van der Waals surface area contributed by atoms with Gasteiger partial charge in [-0.05, 0) is 19.3 Å². The van der Waals surface area contributed by atoms with Crippen molar-refractivity contribution >= 4 is 0 Å². The number of aryl methyl sites for hydroxylation is 2. The maximum Gasteiger partial charge on any atom is 0.150 e. The van der Waals surface area contributed by atoms with Crippen LogP contribution in [0.3, 0.4) is 0 Å². The molecule has 1 N–H and O–H groups in total. The molecule has 1 aromatic heterocycles. The molecule has 4 nitrogen and oxygen atoms in total. The minimum atomic E-state index is 0.457. The molecule has 0 spiro atoms. The molecule has 0 amide bonds. The molecule has 0 aromatic carbocycles. The molecule has 1 aliphatic carbocycles. The topological polar surface area (TPSA) is 42.7 Å². The van der Waals surface area contributed by atoms with Crippen LogP contribution in [0, 0.1) is 0 Å². The van der Waals surface area contributed by atoms with Crippen LogP contribution in [-0.4, -0.2) is 27.4 Å². The van der Waals surface area contributed by atoms with E-state index in [0.29, 0.717) is 6.04 Å². The zero-order chi connectivity index (χ0) is 12.3. The van der Waals surface area contributed by atoms with Gasteiger partial charge in [0, 0.05) is 25.4 Å². The first kappa shape index (κ1) is 12.6. The van der Waals surface area contributed by atoms with E-state index in [0.717, 1.165) is 43.5 Å². The van der Waals surface area contributed by atoms with Crippen molar-refractivity contribution < 1.29 is 0 Å². The molecule has 2 rings (SSSR count). The van der Waals surface area contributed by atoms with Gasteiger partial charge in [-0.2, -0.15) is 5.10 Å². The van der Waals surface area contributed by atoms with Crippen LogP contribution in [0.2, 0.25) is 0 Å². The normalized spacial score (nSPS) is 17.4. The molecule has 0 aliphatic heterocycles. The monoisotopic (exact) mass is 236 g/mol. The van der Waals surface area contributed by atoms with Gasteiger partial charge in [-0.3, -0.25) is 0 Å². The highest BCUT2D eigenvalue weighted by Crippen LogP contribution is 2.20. The number of nitrogens with zero attached hydrogens (tertiary/aromatic N) is 3. The average molecular weight is 236 g/mol. The van der Waals surface area contributed by atoms with Crippen LogP contribution in [0.15, 0.2) is 0 Å². The summed E-state index contributed by atoms with van der Waals surface area (Å²) in [5, 5.41) is 8.23. The lowest BCUT2D eigenvalue weighted by Gasteiger charge is -2.17. The largest absolute Gasteiger partial charge is 0.312 e. The van der Waals surface area contributed by atoms with Crippen molar-refractivity contribution in [2.75, 3.05) is 6.54 Å². The summed E-state index contributed by atoms with van der Waals surface area (Å²) in [5.41, 5.74) is 0. The quantitative estimate of drug-likeness (QED) is 0.788. The van der Waals surface area contributed by atoms with Crippen molar-refractivity contribution in [1.29, 1.82) is 0 Å².